The minimum Gasteiger partial charge on any atom is -0.494 e. The van der Waals surface area contributed by atoms with Crippen LogP contribution in [0.5, 0.6) is 5.75 Å². The van der Waals surface area contributed by atoms with E-state index in [1.807, 2.05) is 30.9 Å². The van der Waals surface area contributed by atoms with Crippen molar-refractivity contribution in [2.24, 2.45) is 0 Å². The van der Waals surface area contributed by atoms with Crippen molar-refractivity contribution in [3.8, 4) is 5.75 Å². The standard InChI is InChI=1S/C14H22N2O2/c1-3-16(4-2)14(17)6-5-11-18-13-9-7-12(15)8-10-13/h7-10H,3-6,11,15H2,1-2H3. The molecule has 18 heavy (non-hydrogen) atoms. The quantitative estimate of drug-likeness (QED) is 0.596. The van der Waals surface area contributed by atoms with Gasteiger partial charge >= 0.3 is 0 Å². The fourth-order valence-electron chi connectivity index (χ4n) is 1.71. The molecule has 4 nitrogen and oxygen atoms in total. The molecule has 0 heterocycles. The normalized spacial score (nSPS) is 10.1. The zero-order chi connectivity index (χ0) is 13.4. The number of benzene rings is 1. The number of amides is 1. The zero-order valence-corrected chi connectivity index (χ0v) is 11.2. The van der Waals surface area contributed by atoms with Gasteiger partial charge < -0.3 is 15.4 Å². The van der Waals surface area contributed by atoms with E-state index in [4.69, 9.17) is 10.5 Å². The first-order valence-corrected chi connectivity index (χ1v) is 6.43. The van der Waals surface area contributed by atoms with Crippen molar-refractivity contribution >= 4 is 11.6 Å². The van der Waals surface area contributed by atoms with Crippen molar-refractivity contribution < 1.29 is 9.53 Å². The van der Waals surface area contributed by atoms with E-state index in [-0.39, 0.29) is 5.91 Å². The Morgan fingerprint density at radius 3 is 2.39 bits per heavy atom. The summed E-state index contributed by atoms with van der Waals surface area (Å²) >= 11 is 0. The van der Waals surface area contributed by atoms with E-state index in [1.165, 1.54) is 0 Å². The first kappa shape index (κ1) is 14.4. The van der Waals surface area contributed by atoms with Crippen molar-refractivity contribution in [1.82, 2.24) is 4.90 Å². The molecule has 0 aliphatic heterocycles. The molecule has 1 rings (SSSR count). The molecule has 0 saturated carbocycles. The Hall–Kier alpha value is -1.71. The lowest BCUT2D eigenvalue weighted by atomic mass is 10.2. The van der Waals surface area contributed by atoms with Gasteiger partial charge in [-0.1, -0.05) is 0 Å². The third-order valence-corrected chi connectivity index (χ3v) is 2.80. The van der Waals surface area contributed by atoms with E-state index in [0.717, 1.165) is 30.9 Å². The van der Waals surface area contributed by atoms with E-state index in [1.54, 1.807) is 12.1 Å². The first-order valence-electron chi connectivity index (χ1n) is 6.43. The van der Waals surface area contributed by atoms with Crippen LogP contribution >= 0.6 is 0 Å². The number of hydrogen-bond acceptors (Lipinski definition) is 3. The predicted molar refractivity (Wildman–Crippen MR) is 73.5 cm³/mol. The molecule has 0 atom stereocenters. The van der Waals surface area contributed by atoms with Crippen LogP contribution in [0.3, 0.4) is 0 Å². The molecule has 2 N–H and O–H groups in total. The summed E-state index contributed by atoms with van der Waals surface area (Å²) in [5.74, 6) is 0.986. The van der Waals surface area contributed by atoms with Crippen molar-refractivity contribution in [3.05, 3.63) is 24.3 Å². The summed E-state index contributed by atoms with van der Waals surface area (Å²) < 4.78 is 5.53. The average Bonchev–Trinajstić information content (AvgIpc) is 2.38. The molecule has 1 aromatic rings. The number of ether oxygens (including phenoxy) is 1. The second kappa shape index (κ2) is 7.58. The van der Waals surface area contributed by atoms with Crippen LogP contribution in [0.1, 0.15) is 26.7 Å². The van der Waals surface area contributed by atoms with Crippen LogP contribution in [-0.4, -0.2) is 30.5 Å². The van der Waals surface area contributed by atoms with Crippen molar-refractivity contribution in [1.29, 1.82) is 0 Å². The zero-order valence-electron chi connectivity index (χ0n) is 11.2. The van der Waals surface area contributed by atoms with Crippen molar-refractivity contribution in [3.63, 3.8) is 0 Å². The number of carbonyl (C=O) groups is 1. The molecule has 1 aromatic carbocycles. The lowest BCUT2D eigenvalue weighted by molar-refractivity contribution is -0.131. The summed E-state index contributed by atoms with van der Waals surface area (Å²) in [5, 5.41) is 0. The highest BCUT2D eigenvalue weighted by molar-refractivity contribution is 5.76. The molecule has 0 spiro atoms. The lowest BCUT2D eigenvalue weighted by Crippen LogP contribution is -2.30. The maximum Gasteiger partial charge on any atom is 0.222 e. The predicted octanol–water partition coefficient (Wildman–Crippen LogP) is 2.30. The van der Waals surface area contributed by atoms with Crippen LogP contribution in [-0.2, 0) is 4.79 Å². The molecule has 0 aliphatic rings. The summed E-state index contributed by atoms with van der Waals surface area (Å²) in [6, 6.07) is 7.27. The highest BCUT2D eigenvalue weighted by Crippen LogP contribution is 2.13. The van der Waals surface area contributed by atoms with Gasteiger partial charge in [0.1, 0.15) is 5.75 Å². The molecule has 4 heteroatoms. The van der Waals surface area contributed by atoms with Gasteiger partial charge in [0.05, 0.1) is 6.61 Å². The average molecular weight is 250 g/mol. The molecular weight excluding hydrogens is 228 g/mol. The molecule has 0 unspecified atom stereocenters. The third kappa shape index (κ3) is 4.65. The second-order valence-electron chi connectivity index (χ2n) is 4.09. The number of hydrogen-bond donors (Lipinski definition) is 1. The number of carbonyl (C=O) groups excluding carboxylic acids is 1. The molecule has 1 amide bonds. The van der Waals surface area contributed by atoms with E-state index < -0.39 is 0 Å². The summed E-state index contributed by atoms with van der Waals surface area (Å²) in [7, 11) is 0. The minimum atomic E-state index is 0.195. The lowest BCUT2D eigenvalue weighted by Gasteiger charge is -2.18. The van der Waals surface area contributed by atoms with Crippen LogP contribution in [0.25, 0.3) is 0 Å². The van der Waals surface area contributed by atoms with Crippen LogP contribution in [0.15, 0.2) is 24.3 Å². The molecule has 0 aromatic heterocycles. The first-order chi connectivity index (χ1) is 8.67. The van der Waals surface area contributed by atoms with Gasteiger partial charge in [-0.25, -0.2) is 0 Å². The molecule has 0 fully saturated rings. The van der Waals surface area contributed by atoms with Crippen LogP contribution in [0.2, 0.25) is 0 Å². The summed E-state index contributed by atoms with van der Waals surface area (Å²) in [4.78, 5) is 13.6. The molecule has 0 aliphatic carbocycles. The second-order valence-corrected chi connectivity index (χ2v) is 4.09. The van der Waals surface area contributed by atoms with Gasteiger partial charge in [0.2, 0.25) is 5.91 Å². The Balaban J connectivity index is 2.22. The third-order valence-electron chi connectivity index (χ3n) is 2.80. The van der Waals surface area contributed by atoms with Gasteiger partial charge in [-0.2, -0.15) is 0 Å². The maximum absolute atomic E-state index is 11.7. The molecule has 0 radical (unpaired) electrons. The number of nitrogens with two attached hydrogens (primary N) is 1. The largest absolute Gasteiger partial charge is 0.494 e. The van der Waals surface area contributed by atoms with E-state index >= 15 is 0 Å². The summed E-state index contributed by atoms with van der Waals surface area (Å²) in [5.41, 5.74) is 6.30. The minimum absolute atomic E-state index is 0.195. The Labute approximate surface area is 109 Å². The Morgan fingerprint density at radius 2 is 1.83 bits per heavy atom. The van der Waals surface area contributed by atoms with Gasteiger partial charge in [0.15, 0.2) is 0 Å². The maximum atomic E-state index is 11.7. The van der Waals surface area contributed by atoms with Crippen LogP contribution in [0.4, 0.5) is 5.69 Å². The highest BCUT2D eigenvalue weighted by Gasteiger charge is 2.08. The topological polar surface area (TPSA) is 55.6 Å². The van der Waals surface area contributed by atoms with Crippen LogP contribution in [0, 0.1) is 0 Å². The van der Waals surface area contributed by atoms with Gasteiger partial charge in [0.25, 0.3) is 0 Å². The smallest absolute Gasteiger partial charge is 0.222 e. The molecule has 100 valence electrons. The van der Waals surface area contributed by atoms with Crippen LogP contribution < -0.4 is 10.5 Å². The van der Waals surface area contributed by atoms with Gasteiger partial charge in [-0.3, -0.25) is 4.79 Å². The number of nitrogens with zero attached hydrogens (tertiary/aromatic N) is 1. The SMILES string of the molecule is CCN(CC)C(=O)CCCOc1ccc(N)cc1. The van der Waals surface area contributed by atoms with E-state index in [2.05, 4.69) is 0 Å². The Bertz CT molecular complexity index is 359. The van der Waals surface area contributed by atoms with Gasteiger partial charge in [-0.15, -0.1) is 0 Å². The number of nitrogen functional groups attached to an aromatic ring is 1. The molecule has 0 saturated heterocycles. The molecule has 0 bridgehead atoms. The monoisotopic (exact) mass is 250 g/mol. The Kier molecular flexibility index (Phi) is 6.05. The van der Waals surface area contributed by atoms with Crippen molar-refractivity contribution in [2.75, 3.05) is 25.4 Å². The fraction of sp³-hybridized carbons (Fsp3) is 0.500. The van der Waals surface area contributed by atoms with Gasteiger partial charge in [0, 0.05) is 25.2 Å². The fourth-order valence-corrected chi connectivity index (χ4v) is 1.71. The van der Waals surface area contributed by atoms with E-state index in [9.17, 15) is 4.79 Å². The highest BCUT2D eigenvalue weighted by atomic mass is 16.5. The van der Waals surface area contributed by atoms with E-state index in [0.29, 0.717) is 13.0 Å². The summed E-state index contributed by atoms with van der Waals surface area (Å²) in [6.45, 7) is 6.08. The Morgan fingerprint density at radius 1 is 1.22 bits per heavy atom. The molecular formula is C14H22N2O2. The number of anilines is 1. The summed E-state index contributed by atoms with van der Waals surface area (Å²) in [6.07, 6.45) is 1.27. The van der Waals surface area contributed by atoms with Gasteiger partial charge in [-0.05, 0) is 44.5 Å². The number of rotatable bonds is 7. The van der Waals surface area contributed by atoms with Crippen molar-refractivity contribution in [2.45, 2.75) is 26.7 Å².